The van der Waals surface area contributed by atoms with Crippen molar-refractivity contribution in [3.05, 3.63) is 35.9 Å². The lowest BCUT2D eigenvalue weighted by Crippen LogP contribution is -2.54. The van der Waals surface area contributed by atoms with Gasteiger partial charge in [-0.2, -0.15) is 0 Å². The van der Waals surface area contributed by atoms with Gasteiger partial charge in [0.2, 0.25) is 0 Å². The minimum Gasteiger partial charge on any atom is -0.459 e. The number of rotatable bonds is 4. The standard InChI is InChI=1S/C18H25NO4/c1-17(2,3)23-16(21)19-18(11-7-8-12-18)15(20)22-13-14-9-5-4-6-10-14/h4-6,9-10H,7-8,11-13H2,1-3H3,(H,19,21). The fourth-order valence-electron chi connectivity index (χ4n) is 2.72. The fourth-order valence-corrected chi connectivity index (χ4v) is 2.72. The molecule has 1 N–H and O–H groups in total. The molecule has 0 aromatic heterocycles. The second-order valence-corrected chi connectivity index (χ2v) is 6.98. The van der Waals surface area contributed by atoms with Crippen LogP contribution in [0, 0.1) is 0 Å². The Balaban J connectivity index is 1.99. The van der Waals surface area contributed by atoms with E-state index in [1.165, 1.54) is 0 Å². The quantitative estimate of drug-likeness (QED) is 0.862. The number of hydrogen-bond acceptors (Lipinski definition) is 4. The van der Waals surface area contributed by atoms with Crippen molar-refractivity contribution in [2.45, 2.75) is 64.2 Å². The third-order valence-electron chi connectivity index (χ3n) is 3.80. The Labute approximate surface area is 137 Å². The van der Waals surface area contributed by atoms with Crippen molar-refractivity contribution in [2.24, 2.45) is 0 Å². The highest BCUT2D eigenvalue weighted by Crippen LogP contribution is 2.31. The molecule has 0 bridgehead atoms. The summed E-state index contributed by atoms with van der Waals surface area (Å²) < 4.78 is 10.7. The number of carbonyl (C=O) groups excluding carboxylic acids is 2. The number of esters is 1. The van der Waals surface area contributed by atoms with Crippen LogP contribution in [0.1, 0.15) is 52.0 Å². The Morgan fingerprint density at radius 3 is 2.30 bits per heavy atom. The molecule has 1 saturated carbocycles. The SMILES string of the molecule is CC(C)(C)OC(=O)NC1(C(=O)OCc2ccccc2)CCCC1. The van der Waals surface area contributed by atoms with Crippen LogP contribution < -0.4 is 5.32 Å². The Bertz CT molecular complexity index is 542. The zero-order valence-electron chi connectivity index (χ0n) is 14.1. The molecule has 1 fully saturated rings. The van der Waals surface area contributed by atoms with Crippen LogP contribution in [0.2, 0.25) is 0 Å². The van der Waals surface area contributed by atoms with E-state index in [1.807, 2.05) is 30.3 Å². The van der Waals surface area contributed by atoms with E-state index in [1.54, 1.807) is 20.8 Å². The zero-order chi connectivity index (χ0) is 16.9. The average Bonchev–Trinajstić information content (AvgIpc) is 2.93. The number of carbonyl (C=O) groups is 2. The molecule has 5 nitrogen and oxygen atoms in total. The van der Waals surface area contributed by atoms with Gasteiger partial charge in [-0.05, 0) is 39.2 Å². The molecule has 1 aliphatic rings. The molecule has 0 radical (unpaired) electrons. The van der Waals surface area contributed by atoms with Crippen molar-refractivity contribution in [3.8, 4) is 0 Å². The van der Waals surface area contributed by atoms with E-state index in [0.29, 0.717) is 12.8 Å². The van der Waals surface area contributed by atoms with Crippen molar-refractivity contribution < 1.29 is 19.1 Å². The molecular weight excluding hydrogens is 294 g/mol. The molecule has 5 heteroatoms. The van der Waals surface area contributed by atoms with Crippen LogP contribution >= 0.6 is 0 Å². The van der Waals surface area contributed by atoms with E-state index >= 15 is 0 Å². The van der Waals surface area contributed by atoms with Crippen LogP contribution in [0.25, 0.3) is 0 Å². The molecule has 1 aromatic rings. The molecule has 0 heterocycles. The van der Waals surface area contributed by atoms with E-state index in [9.17, 15) is 9.59 Å². The smallest absolute Gasteiger partial charge is 0.408 e. The Morgan fingerprint density at radius 2 is 1.74 bits per heavy atom. The molecule has 0 unspecified atom stereocenters. The average molecular weight is 319 g/mol. The van der Waals surface area contributed by atoms with Crippen molar-refractivity contribution in [1.29, 1.82) is 0 Å². The van der Waals surface area contributed by atoms with Crippen molar-refractivity contribution in [1.82, 2.24) is 5.32 Å². The van der Waals surface area contributed by atoms with Crippen LogP contribution in [-0.4, -0.2) is 23.2 Å². The summed E-state index contributed by atoms with van der Waals surface area (Å²) in [5.74, 6) is -0.385. The monoisotopic (exact) mass is 319 g/mol. The van der Waals surface area contributed by atoms with Crippen molar-refractivity contribution in [2.75, 3.05) is 0 Å². The van der Waals surface area contributed by atoms with Gasteiger partial charge in [0.1, 0.15) is 17.7 Å². The molecular formula is C18H25NO4. The molecule has 0 aliphatic heterocycles. The normalized spacial score (nSPS) is 16.7. The molecule has 0 spiro atoms. The topological polar surface area (TPSA) is 64.6 Å². The number of nitrogens with one attached hydrogen (secondary N) is 1. The largest absolute Gasteiger partial charge is 0.459 e. The van der Waals surface area contributed by atoms with Crippen LogP contribution in [-0.2, 0) is 20.9 Å². The molecule has 1 aliphatic carbocycles. The summed E-state index contributed by atoms with van der Waals surface area (Å²) in [7, 11) is 0. The first-order chi connectivity index (χ1) is 10.8. The Kier molecular flexibility index (Phi) is 5.29. The lowest BCUT2D eigenvalue weighted by molar-refractivity contribution is -0.152. The third kappa shape index (κ3) is 4.98. The van der Waals surface area contributed by atoms with Gasteiger partial charge in [0, 0.05) is 0 Å². The molecule has 0 atom stereocenters. The van der Waals surface area contributed by atoms with Crippen LogP contribution in [0.3, 0.4) is 0 Å². The number of hydrogen-bond donors (Lipinski definition) is 1. The van der Waals surface area contributed by atoms with E-state index in [4.69, 9.17) is 9.47 Å². The van der Waals surface area contributed by atoms with Gasteiger partial charge in [0.05, 0.1) is 0 Å². The fraction of sp³-hybridized carbons (Fsp3) is 0.556. The maximum Gasteiger partial charge on any atom is 0.408 e. The number of ether oxygens (including phenoxy) is 2. The summed E-state index contributed by atoms with van der Waals surface area (Å²) in [6.07, 6.45) is 2.36. The molecule has 1 aromatic carbocycles. The lowest BCUT2D eigenvalue weighted by atomic mass is 9.98. The second kappa shape index (κ2) is 7.02. The number of alkyl carbamates (subject to hydrolysis) is 1. The molecule has 126 valence electrons. The van der Waals surface area contributed by atoms with E-state index in [2.05, 4.69) is 5.32 Å². The maximum absolute atomic E-state index is 12.5. The van der Waals surface area contributed by atoms with Crippen LogP contribution in [0.4, 0.5) is 4.79 Å². The van der Waals surface area contributed by atoms with E-state index < -0.39 is 17.2 Å². The highest BCUT2D eigenvalue weighted by atomic mass is 16.6. The lowest BCUT2D eigenvalue weighted by Gasteiger charge is -2.29. The Morgan fingerprint density at radius 1 is 1.13 bits per heavy atom. The summed E-state index contributed by atoms with van der Waals surface area (Å²) >= 11 is 0. The van der Waals surface area contributed by atoms with Gasteiger partial charge in [-0.1, -0.05) is 43.2 Å². The van der Waals surface area contributed by atoms with Gasteiger partial charge < -0.3 is 14.8 Å². The molecule has 0 saturated heterocycles. The predicted molar refractivity (Wildman–Crippen MR) is 86.8 cm³/mol. The van der Waals surface area contributed by atoms with Crippen molar-refractivity contribution in [3.63, 3.8) is 0 Å². The minimum atomic E-state index is -0.961. The van der Waals surface area contributed by atoms with Gasteiger partial charge >= 0.3 is 12.1 Å². The van der Waals surface area contributed by atoms with Crippen LogP contribution in [0.15, 0.2) is 30.3 Å². The van der Waals surface area contributed by atoms with Gasteiger partial charge in [-0.15, -0.1) is 0 Å². The molecule has 2 rings (SSSR count). The highest BCUT2D eigenvalue weighted by Gasteiger charge is 2.44. The zero-order valence-corrected chi connectivity index (χ0v) is 14.1. The number of benzene rings is 1. The number of amides is 1. The van der Waals surface area contributed by atoms with Gasteiger partial charge in [-0.25, -0.2) is 9.59 Å². The summed E-state index contributed by atoms with van der Waals surface area (Å²) in [5, 5.41) is 2.75. The molecule has 23 heavy (non-hydrogen) atoms. The predicted octanol–water partition coefficient (Wildman–Crippen LogP) is 3.57. The van der Waals surface area contributed by atoms with Gasteiger partial charge in [0.15, 0.2) is 0 Å². The molecule has 1 amide bonds. The van der Waals surface area contributed by atoms with Crippen molar-refractivity contribution >= 4 is 12.1 Å². The summed E-state index contributed by atoms with van der Waals surface area (Å²) in [5.41, 5.74) is -0.638. The van der Waals surface area contributed by atoms with Crippen LogP contribution in [0.5, 0.6) is 0 Å². The summed E-state index contributed by atoms with van der Waals surface area (Å²) in [4.78, 5) is 24.6. The first-order valence-electron chi connectivity index (χ1n) is 8.03. The third-order valence-corrected chi connectivity index (χ3v) is 3.80. The Hall–Kier alpha value is -2.04. The minimum absolute atomic E-state index is 0.206. The van der Waals surface area contributed by atoms with E-state index in [-0.39, 0.29) is 12.6 Å². The maximum atomic E-state index is 12.5. The summed E-state index contributed by atoms with van der Waals surface area (Å²) in [6, 6.07) is 9.50. The highest BCUT2D eigenvalue weighted by molar-refractivity contribution is 5.86. The first-order valence-corrected chi connectivity index (χ1v) is 8.03. The summed E-state index contributed by atoms with van der Waals surface area (Å²) in [6.45, 7) is 5.59. The van der Waals surface area contributed by atoms with E-state index in [0.717, 1.165) is 18.4 Å². The first kappa shape index (κ1) is 17.3. The second-order valence-electron chi connectivity index (χ2n) is 6.98. The van der Waals surface area contributed by atoms with Gasteiger partial charge in [0.25, 0.3) is 0 Å². The van der Waals surface area contributed by atoms with Gasteiger partial charge in [-0.3, -0.25) is 0 Å².